The van der Waals surface area contributed by atoms with E-state index in [1.54, 1.807) is 0 Å². The number of rotatable bonds is 4. The smallest absolute Gasteiger partial charge is 0.224 e. The van der Waals surface area contributed by atoms with E-state index >= 15 is 0 Å². The van der Waals surface area contributed by atoms with Crippen LogP contribution in [0.2, 0.25) is 0 Å². The van der Waals surface area contributed by atoms with E-state index in [4.69, 9.17) is 11.1 Å². The van der Waals surface area contributed by atoms with Crippen LogP contribution in [0.4, 0.5) is 11.4 Å². The summed E-state index contributed by atoms with van der Waals surface area (Å²) in [5.74, 6) is 0.0474. The van der Waals surface area contributed by atoms with Gasteiger partial charge in [0, 0.05) is 54.8 Å². The Morgan fingerprint density at radius 2 is 1.92 bits per heavy atom. The van der Waals surface area contributed by atoms with Gasteiger partial charge in [0.1, 0.15) is 0 Å². The van der Waals surface area contributed by atoms with Crippen LogP contribution in [0.25, 0.3) is 0 Å². The largest absolute Gasteiger partial charge is 0.402 e. The Balaban J connectivity index is 2.20. The average molecular weight is 342 g/mol. The Kier molecular flexibility index (Phi) is 5.55. The molecule has 136 valence electrons. The number of benzene rings is 1. The van der Waals surface area contributed by atoms with Crippen molar-refractivity contribution in [1.82, 2.24) is 0 Å². The van der Waals surface area contributed by atoms with Crippen LogP contribution in [0.1, 0.15) is 44.7 Å². The van der Waals surface area contributed by atoms with Crippen molar-refractivity contribution in [3.05, 3.63) is 34.5 Å². The molecule has 25 heavy (non-hydrogen) atoms. The van der Waals surface area contributed by atoms with Crippen LogP contribution in [0, 0.1) is 24.7 Å². The first-order valence-corrected chi connectivity index (χ1v) is 8.75. The zero-order valence-corrected chi connectivity index (χ0v) is 16.0. The highest BCUT2D eigenvalue weighted by atomic mass is 16.1. The molecule has 1 aliphatic heterocycles. The highest BCUT2D eigenvalue weighted by Crippen LogP contribution is 2.30. The summed E-state index contributed by atoms with van der Waals surface area (Å²) in [7, 11) is 0. The highest BCUT2D eigenvalue weighted by molar-refractivity contribution is 5.93. The first kappa shape index (κ1) is 19.0. The molecular weight excluding hydrogens is 312 g/mol. The second-order valence-corrected chi connectivity index (χ2v) is 8.11. The van der Waals surface area contributed by atoms with Crippen molar-refractivity contribution < 1.29 is 4.79 Å². The topological polar surface area (TPSA) is 82.2 Å². The van der Waals surface area contributed by atoms with Gasteiger partial charge in [0.05, 0.1) is 0 Å². The molecule has 1 heterocycles. The summed E-state index contributed by atoms with van der Waals surface area (Å²) >= 11 is 0. The maximum absolute atomic E-state index is 12.3. The third-order valence-corrected chi connectivity index (χ3v) is 4.44. The minimum absolute atomic E-state index is 0.0327. The molecular formula is C20H30N4O. The molecule has 1 aromatic carbocycles. The Labute approximate surface area is 150 Å². The van der Waals surface area contributed by atoms with E-state index in [-0.39, 0.29) is 11.3 Å². The van der Waals surface area contributed by atoms with Crippen LogP contribution in [-0.2, 0) is 4.79 Å². The molecule has 0 aromatic heterocycles. The number of nitrogens with zero attached hydrogens (tertiary/aromatic N) is 1. The van der Waals surface area contributed by atoms with Crippen molar-refractivity contribution in [3.8, 4) is 0 Å². The number of anilines is 2. The van der Waals surface area contributed by atoms with Gasteiger partial charge in [-0.25, -0.2) is 0 Å². The summed E-state index contributed by atoms with van der Waals surface area (Å²) in [5.41, 5.74) is 11.7. The molecule has 0 bridgehead atoms. The monoisotopic (exact) mass is 342 g/mol. The van der Waals surface area contributed by atoms with Gasteiger partial charge in [-0.15, -0.1) is 0 Å². The van der Waals surface area contributed by atoms with Crippen molar-refractivity contribution in [3.63, 3.8) is 0 Å². The van der Waals surface area contributed by atoms with Gasteiger partial charge < -0.3 is 21.4 Å². The summed E-state index contributed by atoms with van der Waals surface area (Å²) < 4.78 is 0. The maximum Gasteiger partial charge on any atom is 0.224 e. The molecule has 0 atom stereocenters. The zero-order chi connectivity index (χ0) is 18.8. The fourth-order valence-electron chi connectivity index (χ4n) is 3.15. The summed E-state index contributed by atoms with van der Waals surface area (Å²) in [6.07, 6.45) is 2.61. The summed E-state index contributed by atoms with van der Waals surface area (Å²) in [5, 5.41) is 10.6. The number of carbonyl (C=O) groups excluding carboxylic acids is 1. The highest BCUT2D eigenvalue weighted by Gasteiger charge is 2.20. The van der Waals surface area contributed by atoms with Gasteiger partial charge in [-0.2, -0.15) is 0 Å². The van der Waals surface area contributed by atoms with Crippen LogP contribution in [-0.4, -0.2) is 25.2 Å². The first-order chi connectivity index (χ1) is 11.6. The summed E-state index contributed by atoms with van der Waals surface area (Å²) in [6, 6.07) is 4.20. The molecule has 0 aliphatic carbocycles. The Morgan fingerprint density at radius 3 is 2.44 bits per heavy atom. The van der Waals surface area contributed by atoms with E-state index in [2.05, 4.69) is 43.1 Å². The molecule has 1 amide bonds. The molecule has 1 aliphatic rings. The average Bonchev–Trinajstić information content (AvgIpc) is 2.49. The van der Waals surface area contributed by atoms with Crippen molar-refractivity contribution in [2.24, 2.45) is 11.1 Å². The molecule has 0 saturated heterocycles. The zero-order valence-electron chi connectivity index (χ0n) is 16.0. The minimum atomic E-state index is -0.0327. The molecule has 0 spiro atoms. The molecule has 5 nitrogen and oxygen atoms in total. The summed E-state index contributed by atoms with van der Waals surface area (Å²) in [6.45, 7) is 11.7. The third-order valence-electron chi connectivity index (χ3n) is 4.44. The lowest BCUT2D eigenvalue weighted by Gasteiger charge is -2.31. The normalized spacial score (nSPS) is 15.3. The molecule has 0 unspecified atom stereocenters. The number of amides is 1. The van der Waals surface area contributed by atoms with Gasteiger partial charge in [0.2, 0.25) is 5.91 Å². The van der Waals surface area contributed by atoms with Crippen molar-refractivity contribution in [1.29, 1.82) is 5.41 Å². The Hall–Kier alpha value is -2.30. The minimum Gasteiger partial charge on any atom is -0.402 e. The molecule has 5 heteroatoms. The number of nitrogens with two attached hydrogens (primary N) is 1. The van der Waals surface area contributed by atoms with E-state index in [0.29, 0.717) is 13.0 Å². The lowest BCUT2D eigenvalue weighted by molar-refractivity contribution is -0.117. The lowest BCUT2D eigenvalue weighted by Crippen LogP contribution is -2.34. The van der Waals surface area contributed by atoms with Gasteiger partial charge in [-0.3, -0.25) is 4.79 Å². The molecule has 0 radical (unpaired) electrons. The van der Waals surface area contributed by atoms with Crippen LogP contribution in [0.5, 0.6) is 0 Å². The van der Waals surface area contributed by atoms with Gasteiger partial charge in [-0.1, -0.05) is 20.8 Å². The third kappa shape index (κ3) is 4.84. The standard InChI is InChI=1S/C20H30N4O/c1-13-8-16(24-7-6-17(22)15(11-21)12-24)9-14(2)19(13)23-18(25)10-20(3,4)5/h8-9,11,21H,6-7,10,12,22H2,1-5H3,(H,23,25). The van der Waals surface area contributed by atoms with E-state index in [0.717, 1.165) is 46.7 Å². The maximum atomic E-state index is 12.3. The number of carbonyl (C=O) groups is 1. The fraction of sp³-hybridized carbons (Fsp3) is 0.500. The van der Waals surface area contributed by atoms with Crippen molar-refractivity contribution in [2.45, 2.75) is 47.5 Å². The lowest BCUT2D eigenvalue weighted by atomic mass is 9.92. The second kappa shape index (κ2) is 7.30. The quantitative estimate of drug-likeness (QED) is 0.729. The van der Waals surface area contributed by atoms with Crippen LogP contribution in [0.3, 0.4) is 0 Å². The Morgan fingerprint density at radius 1 is 1.32 bits per heavy atom. The van der Waals surface area contributed by atoms with Crippen molar-refractivity contribution >= 4 is 23.5 Å². The molecule has 4 N–H and O–H groups in total. The fourth-order valence-corrected chi connectivity index (χ4v) is 3.15. The molecule has 1 aromatic rings. The predicted octanol–water partition coefficient (Wildman–Crippen LogP) is 3.75. The number of hydrogen-bond donors (Lipinski definition) is 3. The second-order valence-electron chi connectivity index (χ2n) is 8.11. The van der Waals surface area contributed by atoms with E-state index < -0.39 is 0 Å². The number of hydrogen-bond acceptors (Lipinski definition) is 4. The SMILES string of the molecule is Cc1cc(N2CCC(N)=C(C=N)C2)cc(C)c1NC(=O)CC(C)(C)C. The van der Waals surface area contributed by atoms with Gasteiger partial charge in [0.15, 0.2) is 0 Å². The Bertz CT molecular complexity index is 690. The van der Waals surface area contributed by atoms with Gasteiger partial charge in [0.25, 0.3) is 0 Å². The summed E-state index contributed by atoms with van der Waals surface area (Å²) in [4.78, 5) is 14.5. The molecule has 2 rings (SSSR count). The van der Waals surface area contributed by atoms with Crippen LogP contribution < -0.4 is 16.0 Å². The van der Waals surface area contributed by atoms with Crippen LogP contribution >= 0.6 is 0 Å². The molecule has 0 saturated carbocycles. The first-order valence-electron chi connectivity index (χ1n) is 8.75. The van der Waals surface area contributed by atoms with Gasteiger partial charge in [-0.05, 0) is 42.5 Å². The molecule has 0 fully saturated rings. The number of aryl methyl sites for hydroxylation is 2. The van der Waals surface area contributed by atoms with E-state index in [9.17, 15) is 4.79 Å². The number of nitrogens with one attached hydrogen (secondary N) is 2. The van der Waals surface area contributed by atoms with E-state index in [1.165, 1.54) is 6.21 Å². The van der Waals surface area contributed by atoms with Crippen molar-refractivity contribution in [2.75, 3.05) is 23.3 Å². The van der Waals surface area contributed by atoms with E-state index in [1.807, 2.05) is 13.8 Å². The van der Waals surface area contributed by atoms with Crippen LogP contribution in [0.15, 0.2) is 23.4 Å². The van der Waals surface area contributed by atoms with Gasteiger partial charge >= 0.3 is 0 Å². The predicted molar refractivity (Wildman–Crippen MR) is 105 cm³/mol.